The number of rotatable bonds is 2. The Labute approximate surface area is 91.0 Å². The van der Waals surface area contributed by atoms with Gasteiger partial charge in [0, 0.05) is 3.58 Å². The maximum absolute atomic E-state index is 8.72. The third kappa shape index (κ3) is 3.07. The number of nitrogens with zero attached hydrogens (tertiary/aromatic N) is 1. The number of allylic oxidation sites excluding steroid dienone is 2. The van der Waals surface area contributed by atoms with E-state index in [2.05, 4.69) is 22.6 Å². The summed E-state index contributed by atoms with van der Waals surface area (Å²) in [5, 5.41) is 8.72. The fourth-order valence-electron chi connectivity index (χ4n) is 0.777. The van der Waals surface area contributed by atoms with Crippen LogP contribution in [0.15, 0.2) is 39.7 Å². The van der Waals surface area contributed by atoms with Crippen LogP contribution in [-0.2, 0) is 0 Å². The summed E-state index contributed by atoms with van der Waals surface area (Å²) in [5.74, 6) is 1.04. The first-order valence-corrected chi connectivity index (χ1v) is 4.81. The Bertz CT molecular complexity index is 347. The molecule has 0 heterocycles. The predicted octanol–water partition coefficient (Wildman–Crippen LogP) is 3.26. The Morgan fingerprint density at radius 3 is 2.46 bits per heavy atom. The van der Waals surface area contributed by atoms with E-state index in [1.54, 1.807) is 0 Å². The summed E-state index contributed by atoms with van der Waals surface area (Å²) in [6.45, 7) is 1.84. The van der Waals surface area contributed by atoms with Crippen molar-refractivity contribution in [3.8, 4) is 11.8 Å². The van der Waals surface area contributed by atoms with Gasteiger partial charge in [-0.1, -0.05) is 18.2 Å². The van der Waals surface area contributed by atoms with E-state index in [1.807, 2.05) is 43.3 Å². The van der Waals surface area contributed by atoms with Gasteiger partial charge in [0.1, 0.15) is 11.8 Å². The Morgan fingerprint density at radius 1 is 1.38 bits per heavy atom. The maximum atomic E-state index is 8.72. The van der Waals surface area contributed by atoms with Crippen molar-refractivity contribution in [3.63, 3.8) is 0 Å². The van der Waals surface area contributed by atoms with E-state index in [-0.39, 0.29) is 0 Å². The van der Waals surface area contributed by atoms with E-state index in [4.69, 9.17) is 10.00 Å². The summed E-state index contributed by atoms with van der Waals surface area (Å²) in [5.41, 5.74) is 0. The topological polar surface area (TPSA) is 33.0 Å². The Morgan fingerprint density at radius 2 is 2.00 bits per heavy atom. The molecule has 0 saturated carbocycles. The molecule has 0 atom stereocenters. The standard InChI is InChI=1S/C10H8INO/c1-8(11)10(7-12)13-9-5-3-2-4-6-9/h2-6H,1H3/b10-8-. The first-order valence-electron chi connectivity index (χ1n) is 3.73. The highest BCUT2D eigenvalue weighted by Crippen LogP contribution is 2.17. The summed E-state index contributed by atoms with van der Waals surface area (Å²) in [4.78, 5) is 0. The van der Waals surface area contributed by atoms with Crippen molar-refractivity contribution in [2.45, 2.75) is 6.92 Å². The van der Waals surface area contributed by atoms with Crippen LogP contribution in [0.1, 0.15) is 6.92 Å². The zero-order valence-electron chi connectivity index (χ0n) is 7.12. The van der Waals surface area contributed by atoms with Crippen molar-refractivity contribution in [1.82, 2.24) is 0 Å². The van der Waals surface area contributed by atoms with Gasteiger partial charge in [0.25, 0.3) is 0 Å². The summed E-state index contributed by atoms with van der Waals surface area (Å²) >= 11 is 2.06. The van der Waals surface area contributed by atoms with Gasteiger partial charge in [0.15, 0.2) is 0 Å². The highest BCUT2D eigenvalue weighted by molar-refractivity contribution is 14.1. The molecule has 0 radical (unpaired) electrons. The molecule has 0 N–H and O–H groups in total. The van der Waals surface area contributed by atoms with Gasteiger partial charge in [-0.25, -0.2) is 0 Å². The van der Waals surface area contributed by atoms with Gasteiger partial charge in [-0.2, -0.15) is 5.26 Å². The van der Waals surface area contributed by atoms with Gasteiger partial charge >= 0.3 is 0 Å². The molecule has 0 spiro atoms. The predicted molar refractivity (Wildman–Crippen MR) is 59.4 cm³/mol. The van der Waals surface area contributed by atoms with E-state index in [1.165, 1.54) is 0 Å². The average molecular weight is 285 g/mol. The number of hydrogen-bond donors (Lipinski definition) is 0. The van der Waals surface area contributed by atoms with Gasteiger partial charge in [0.2, 0.25) is 5.76 Å². The second-order valence-corrected chi connectivity index (χ2v) is 4.01. The van der Waals surface area contributed by atoms with E-state index in [0.717, 1.165) is 3.58 Å². The molecule has 3 heteroatoms. The van der Waals surface area contributed by atoms with Crippen LogP contribution in [0.3, 0.4) is 0 Å². The van der Waals surface area contributed by atoms with Crippen molar-refractivity contribution >= 4 is 22.6 Å². The lowest BCUT2D eigenvalue weighted by molar-refractivity contribution is 0.446. The zero-order chi connectivity index (χ0) is 9.68. The number of hydrogen-bond acceptors (Lipinski definition) is 2. The van der Waals surface area contributed by atoms with Crippen molar-refractivity contribution in [3.05, 3.63) is 39.7 Å². The smallest absolute Gasteiger partial charge is 0.212 e. The van der Waals surface area contributed by atoms with Crippen molar-refractivity contribution in [2.75, 3.05) is 0 Å². The van der Waals surface area contributed by atoms with Gasteiger partial charge in [0.05, 0.1) is 0 Å². The molecule has 0 unspecified atom stereocenters. The molecule has 66 valence electrons. The third-order valence-electron chi connectivity index (χ3n) is 1.38. The van der Waals surface area contributed by atoms with Crippen molar-refractivity contribution in [2.24, 2.45) is 0 Å². The fraction of sp³-hybridized carbons (Fsp3) is 0.100. The maximum Gasteiger partial charge on any atom is 0.212 e. The van der Waals surface area contributed by atoms with E-state index in [9.17, 15) is 0 Å². The van der Waals surface area contributed by atoms with Crippen LogP contribution in [0.25, 0.3) is 0 Å². The molecule has 0 bridgehead atoms. The molecular formula is C10H8INO. The quantitative estimate of drug-likeness (QED) is 0.474. The lowest BCUT2D eigenvalue weighted by Gasteiger charge is -2.03. The molecule has 0 aliphatic rings. The minimum absolute atomic E-state index is 0.354. The Balaban J connectivity index is 2.82. The molecule has 13 heavy (non-hydrogen) atoms. The average Bonchev–Trinajstić information content (AvgIpc) is 2.15. The molecule has 0 fully saturated rings. The molecule has 1 rings (SSSR count). The highest BCUT2D eigenvalue weighted by atomic mass is 127. The summed E-state index contributed by atoms with van der Waals surface area (Å²) in [6.07, 6.45) is 0. The van der Waals surface area contributed by atoms with Crippen LogP contribution in [0.2, 0.25) is 0 Å². The SMILES string of the molecule is C/C(I)=C(\C#N)Oc1ccccc1. The molecule has 0 aliphatic heterocycles. The number of halogens is 1. The minimum Gasteiger partial charge on any atom is -0.445 e. The fourth-order valence-corrected chi connectivity index (χ4v) is 1.01. The van der Waals surface area contributed by atoms with Crippen molar-refractivity contribution < 1.29 is 4.74 Å². The van der Waals surface area contributed by atoms with Gasteiger partial charge in [-0.05, 0) is 41.6 Å². The van der Waals surface area contributed by atoms with Crippen LogP contribution in [-0.4, -0.2) is 0 Å². The van der Waals surface area contributed by atoms with Crippen molar-refractivity contribution in [1.29, 1.82) is 5.26 Å². The van der Waals surface area contributed by atoms with Gasteiger partial charge in [-0.15, -0.1) is 0 Å². The Kier molecular flexibility index (Phi) is 3.77. The van der Waals surface area contributed by atoms with Crippen LogP contribution < -0.4 is 4.74 Å². The zero-order valence-corrected chi connectivity index (χ0v) is 9.28. The lowest BCUT2D eigenvalue weighted by Crippen LogP contribution is -1.93. The van der Waals surface area contributed by atoms with E-state index in [0.29, 0.717) is 11.5 Å². The number of ether oxygens (including phenoxy) is 1. The summed E-state index contributed by atoms with van der Waals surface area (Å²) < 4.78 is 6.19. The van der Waals surface area contributed by atoms with Gasteiger partial charge < -0.3 is 4.74 Å². The third-order valence-corrected chi connectivity index (χ3v) is 1.87. The molecule has 1 aromatic carbocycles. The minimum atomic E-state index is 0.354. The normalized spacial score (nSPS) is 11.5. The first-order chi connectivity index (χ1) is 6.24. The Hall–Kier alpha value is -1.02. The molecule has 1 aromatic rings. The van der Waals surface area contributed by atoms with Crippen LogP contribution in [0.4, 0.5) is 0 Å². The van der Waals surface area contributed by atoms with E-state index < -0.39 is 0 Å². The number of para-hydroxylation sites is 1. The second kappa shape index (κ2) is 4.87. The molecular weight excluding hydrogens is 277 g/mol. The van der Waals surface area contributed by atoms with Crippen LogP contribution in [0, 0.1) is 11.3 Å². The first kappa shape index (κ1) is 10.1. The molecule has 0 saturated heterocycles. The van der Waals surface area contributed by atoms with Crippen LogP contribution >= 0.6 is 22.6 Å². The monoisotopic (exact) mass is 285 g/mol. The lowest BCUT2D eigenvalue weighted by atomic mass is 10.3. The highest BCUT2D eigenvalue weighted by Gasteiger charge is 2.01. The molecule has 2 nitrogen and oxygen atoms in total. The number of benzene rings is 1. The summed E-state index contributed by atoms with van der Waals surface area (Å²) in [7, 11) is 0. The number of nitriles is 1. The molecule has 0 aliphatic carbocycles. The summed E-state index contributed by atoms with van der Waals surface area (Å²) in [6, 6.07) is 11.3. The van der Waals surface area contributed by atoms with Gasteiger partial charge in [-0.3, -0.25) is 0 Å². The second-order valence-electron chi connectivity index (χ2n) is 2.39. The molecule has 0 amide bonds. The molecule has 0 aromatic heterocycles. The van der Waals surface area contributed by atoms with Crippen LogP contribution in [0.5, 0.6) is 5.75 Å². The largest absolute Gasteiger partial charge is 0.445 e. The van der Waals surface area contributed by atoms with E-state index >= 15 is 0 Å².